The number of para-hydroxylation sites is 1. The second kappa shape index (κ2) is 5.77. The molecule has 4 aromatic rings. The van der Waals surface area contributed by atoms with E-state index >= 15 is 0 Å². The van der Waals surface area contributed by atoms with Gasteiger partial charge in [0.15, 0.2) is 0 Å². The molecule has 1 N–H and O–H groups in total. The molecule has 5 heteroatoms. The molecule has 0 saturated heterocycles. The molecule has 0 aliphatic carbocycles. The van der Waals surface area contributed by atoms with Crippen LogP contribution in [0.5, 0.6) is 0 Å². The number of hydrogen-bond acceptors (Lipinski definition) is 3. The molecule has 0 radical (unpaired) electrons. The number of fused-ring (bicyclic) bond motifs is 5. The summed E-state index contributed by atoms with van der Waals surface area (Å²) in [6.07, 6.45) is 0.643. The van der Waals surface area contributed by atoms with E-state index in [0.29, 0.717) is 34.4 Å². The van der Waals surface area contributed by atoms with Crippen LogP contribution in [-0.4, -0.2) is 15.5 Å². The van der Waals surface area contributed by atoms with Crippen molar-refractivity contribution in [3.63, 3.8) is 0 Å². The van der Waals surface area contributed by atoms with Crippen molar-refractivity contribution in [2.75, 3.05) is 0 Å². The smallest absolute Gasteiger partial charge is 0.266 e. The Balaban J connectivity index is 1.96. The molecule has 1 unspecified atom stereocenters. The SMILES string of the molecule is CCC1NC(=O)c2cc3ccccc3cc2-n2c1nc1ccccc1c2=O. The van der Waals surface area contributed by atoms with Gasteiger partial charge in [-0.1, -0.05) is 43.3 Å². The van der Waals surface area contributed by atoms with Crippen LogP contribution in [0, 0.1) is 0 Å². The highest BCUT2D eigenvalue weighted by Gasteiger charge is 2.28. The van der Waals surface area contributed by atoms with Crippen LogP contribution in [0.4, 0.5) is 0 Å². The molecule has 1 aromatic heterocycles. The van der Waals surface area contributed by atoms with Gasteiger partial charge in [-0.05, 0) is 41.5 Å². The number of carbonyl (C=O) groups excluding carboxylic acids is 1. The van der Waals surface area contributed by atoms with E-state index in [9.17, 15) is 9.59 Å². The summed E-state index contributed by atoms with van der Waals surface area (Å²) in [5.41, 5.74) is 1.57. The molecule has 27 heavy (non-hydrogen) atoms. The largest absolute Gasteiger partial charge is 0.342 e. The summed E-state index contributed by atoms with van der Waals surface area (Å²) < 4.78 is 1.61. The number of nitrogens with one attached hydrogen (secondary N) is 1. The van der Waals surface area contributed by atoms with Crippen LogP contribution in [0.15, 0.2) is 65.5 Å². The van der Waals surface area contributed by atoms with Gasteiger partial charge in [-0.2, -0.15) is 0 Å². The first-order valence-electron chi connectivity index (χ1n) is 9.03. The lowest BCUT2D eigenvalue weighted by atomic mass is 10.0. The molecule has 0 saturated carbocycles. The molecule has 1 amide bonds. The number of benzene rings is 3. The average molecular weight is 355 g/mol. The Kier molecular flexibility index (Phi) is 3.37. The van der Waals surface area contributed by atoms with Gasteiger partial charge in [-0.25, -0.2) is 4.98 Å². The van der Waals surface area contributed by atoms with Crippen molar-refractivity contribution in [3.05, 3.63) is 82.4 Å². The van der Waals surface area contributed by atoms with E-state index in [1.807, 2.05) is 61.5 Å². The molecule has 0 bridgehead atoms. The van der Waals surface area contributed by atoms with Gasteiger partial charge in [0.25, 0.3) is 11.5 Å². The molecule has 0 fully saturated rings. The highest BCUT2D eigenvalue weighted by molar-refractivity contribution is 6.03. The van der Waals surface area contributed by atoms with Crippen LogP contribution in [-0.2, 0) is 0 Å². The van der Waals surface area contributed by atoms with Crippen LogP contribution >= 0.6 is 0 Å². The maximum atomic E-state index is 13.4. The number of nitrogens with zero attached hydrogens (tertiary/aromatic N) is 2. The molecule has 132 valence electrons. The quantitative estimate of drug-likeness (QED) is 0.566. The fraction of sp³-hybridized carbons (Fsp3) is 0.136. The van der Waals surface area contributed by atoms with Gasteiger partial charge in [0, 0.05) is 0 Å². The van der Waals surface area contributed by atoms with Crippen molar-refractivity contribution in [1.29, 1.82) is 0 Å². The minimum absolute atomic E-state index is 0.151. The predicted octanol–water partition coefficient (Wildman–Crippen LogP) is 3.73. The first kappa shape index (κ1) is 15.8. The van der Waals surface area contributed by atoms with Crippen molar-refractivity contribution in [3.8, 4) is 5.69 Å². The highest BCUT2D eigenvalue weighted by atomic mass is 16.2. The molecule has 1 aliphatic heterocycles. The molecule has 2 heterocycles. The fourth-order valence-corrected chi connectivity index (χ4v) is 3.80. The highest BCUT2D eigenvalue weighted by Crippen LogP contribution is 2.29. The summed E-state index contributed by atoms with van der Waals surface area (Å²) in [5, 5.41) is 5.52. The maximum absolute atomic E-state index is 13.4. The topological polar surface area (TPSA) is 64.0 Å². The van der Waals surface area contributed by atoms with Gasteiger partial charge in [-0.3, -0.25) is 14.2 Å². The third kappa shape index (κ3) is 2.28. The number of rotatable bonds is 1. The lowest BCUT2D eigenvalue weighted by Gasteiger charge is -2.17. The minimum Gasteiger partial charge on any atom is -0.342 e. The summed E-state index contributed by atoms with van der Waals surface area (Å²) >= 11 is 0. The van der Waals surface area contributed by atoms with Crippen molar-refractivity contribution >= 4 is 27.6 Å². The van der Waals surface area contributed by atoms with Crippen LogP contribution in [0.25, 0.3) is 27.4 Å². The summed E-state index contributed by atoms with van der Waals surface area (Å²) in [4.78, 5) is 31.1. The summed E-state index contributed by atoms with van der Waals surface area (Å²) in [5.74, 6) is 0.389. The van der Waals surface area contributed by atoms with Gasteiger partial charge < -0.3 is 5.32 Å². The number of carbonyl (C=O) groups is 1. The van der Waals surface area contributed by atoms with E-state index in [-0.39, 0.29) is 17.5 Å². The van der Waals surface area contributed by atoms with Crippen LogP contribution in [0.1, 0.15) is 35.6 Å². The van der Waals surface area contributed by atoms with Gasteiger partial charge in [0.2, 0.25) is 0 Å². The fourth-order valence-electron chi connectivity index (χ4n) is 3.80. The van der Waals surface area contributed by atoms with Gasteiger partial charge in [0.1, 0.15) is 5.82 Å². The van der Waals surface area contributed by atoms with E-state index in [1.54, 1.807) is 10.6 Å². The first-order valence-corrected chi connectivity index (χ1v) is 9.03. The van der Waals surface area contributed by atoms with E-state index in [2.05, 4.69) is 5.32 Å². The zero-order valence-electron chi connectivity index (χ0n) is 14.8. The van der Waals surface area contributed by atoms with E-state index in [0.717, 1.165) is 10.8 Å². The van der Waals surface area contributed by atoms with Crippen molar-refractivity contribution in [1.82, 2.24) is 14.9 Å². The number of aromatic nitrogens is 2. The third-order valence-electron chi connectivity index (χ3n) is 5.18. The lowest BCUT2D eigenvalue weighted by molar-refractivity contribution is 0.0937. The molecular weight excluding hydrogens is 338 g/mol. The normalized spacial score (nSPS) is 15.9. The molecule has 3 aromatic carbocycles. The number of hydrogen-bond donors (Lipinski definition) is 1. The predicted molar refractivity (Wildman–Crippen MR) is 105 cm³/mol. The zero-order chi connectivity index (χ0) is 18.5. The zero-order valence-corrected chi connectivity index (χ0v) is 14.8. The van der Waals surface area contributed by atoms with E-state index < -0.39 is 0 Å². The Morgan fingerprint density at radius 3 is 2.48 bits per heavy atom. The summed E-state index contributed by atoms with van der Waals surface area (Å²) in [6, 6.07) is 18.6. The molecule has 5 rings (SSSR count). The van der Waals surface area contributed by atoms with Gasteiger partial charge >= 0.3 is 0 Å². The van der Waals surface area contributed by atoms with E-state index in [1.165, 1.54) is 0 Å². The number of amides is 1. The van der Waals surface area contributed by atoms with Gasteiger partial charge in [0.05, 0.1) is 28.2 Å². The van der Waals surface area contributed by atoms with Crippen LogP contribution in [0.3, 0.4) is 0 Å². The van der Waals surface area contributed by atoms with E-state index in [4.69, 9.17) is 4.98 Å². The summed E-state index contributed by atoms with van der Waals surface area (Å²) in [7, 11) is 0. The van der Waals surface area contributed by atoms with Crippen molar-refractivity contribution in [2.45, 2.75) is 19.4 Å². The second-order valence-corrected chi connectivity index (χ2v) is 6.78. The third-order valence-corrected chi connectivity index (χ3v) is 5.18. The molecule has 5 nitrogen and oxygen atoms in total. The van der Waals surface area contributed by atoms with Crippen molar-refractivity contribution < 1.29 is 4.79 Å². The monoisotopic (exact) mass is 355 g/mol. The summed E-state index contributed by atoms with van der Waals surface area (Å²) in [6.45, 7) is 1.98. The Morgan fingerprint density at radius 2 is 1.70 bits per heavy atom. The van der Waals surface area contributed by atoms with Crippen molar-refractivity contribution in [2.24, 2.45) is 0 Å². The molecule has 1 atom stereocenters. The standard InChI is InChI=1S/C22H17N3O2/c1-2-17-20-23-18-10-6-5-9-15(18)22(27)25(20)19-12-14-8-4-3-7-13(14)11-16(19)21(26)24-17/h3-12,17H,2H2,1H3,(H,24,26). The Hall–Kier alpha value is -3.47. The molecule has 0 spiro atoms. The Bertz CT molecular complexity index is 1290. The second-order valence-electron chi connectivity index (χ2n) is 6.78. The Morgan fingerprint density at radius 1 is 1.00 bits per heavy atom. The molecule has 1 aliphatic rings. The molecular formula is C22H17N3O2. The lowest BCUT2D eigenvalue weighted by Crippen LogP contribution is -2.30. The van der Waals surface area contributed by atoms with Gasteiger partial charge in [-0.15, -0.1) is 0 Å². The average Bonchev–Trinajstić information content (AvgIpc) is 2.81. The first-order chi connectivity index (χ1) is 13.2. The minimum atomic E-state index is -0.328. The maximum Gasteiger partial charge on any atom is 0.266 e. The van der Waals surface area contributed by atoms with Crippen LogP contribution < -0.4 is 10.9 Å². The Labute approximate surface area is 155 Å². The van der Waals surface area contributed by atoms with Crippen LogP contribution in [0.2, 0.25) is 0 Å².